The van der Waals surface area contributed by atoms with Crippen LogP contribution in [0.15, 0.2) is 40.9 Å². The molecule has 0 fully saturated rings. The van der Waals surface area contributed by atoms with Gasteiger partial charge in [-0.3, -0.25) is 4.99 Å². The van der Waals surface area contributed by atoms with Crippen LogP contribution in [0.2, 0.25) is 0 Å². The molecule has 2 N–H and O–H groups in total. The summed E-state index contributed by atoms with van der Waals surface area (Å²) in [5.74, 6) is -0.0795. The van der Waals surface area contributed by atoms with Crippen molar-refractivity contribution in [3.8, 4) is 5.75 Å². The molecule has 1 aliphatic rings. The van der Waals surface area contributed by atoms with Gasteiger partial charge in [-0.05, 0) is 37.8 Å². The van der Waals surface area contributed by atoms with Crippen LogP contribution in [0, 0.1) is 0 Å². The molecular formula is C15H17F3N2O. The second-order valence-corrected chi connectivity index (χ2v) is 4.89. The number of nitrogens with zero attached hydrogens (tertiary/aromatic N) is 1. The number of alkyl halides is 3. The molecule has 2 rings (SSSR count). The van der Waals surface area contributed by atoms with Gasteiger partial charge in [0.2, 0.25) is 0 Å². The number of ether oxygens (including phenoxy) is 1. The van der Waals surface area contributed by atoms with Crippen molar-refractivity contribution in [3.05, 3.63) is 41.5 Å². The Balaban J connectivity index is 2.06. The van der Waals surface area contributed by atoms with Gasteiger partial charge in [-0.25, -0.2) is 0 Å². The Bertz CT molecular complexity index is 550. The van der Waals surface area contributed by atoms with Gasteiger partial charge < -0.3 is 10.5 Å². The van der Waals surface area contributed by atoms with Crippen LogP contribution in [0.25, 0.3) is 0 Å². The maximum atomic E-state index is 12.2. The van der Waals surface area contributed by atoms with Gasteiger partial charge in [0, 0.05) is 5.56 Å². The molecule has 0 aliphatic heterocycles. The van der Waals surface area contributed by atoms with Crippen LogP contribution >= 0.6 is 0 Å². The number of nitrogens with two attached hydrogens (primary N) is 1. The lowest BCUT2D eigenvalue weighted by Crippen LogP contribution is -2.18. The summed E-state index contributed by atoms with van der Waals surface area (Å²) in [6, 6.07) is 5.53. The molecule has 0 saturated carbocycles. The maximum absolute atomic E-state index is 12.2. The van der Waals surface area contributed by atoms with E-state index in [1.165, 1.54) is 30.2 Å². The fourth-order valence-electron chi connectivity index (χ4n) is 2.18. The Morgan fingerprint density at radius 2 is 2.10 bits per heavy atom. The smallest absolute Gasteiger partial charge is 0.406 e. The highest BCUT2D eigenvalue weighted by Gasteiger charge is 2.31. The Hall–Kier alpha value is -1.98. The van der Waals surface area contributed by atoms with Crippen molar-refractivity contribution in [2.45, 2.75) is 32.0 Å². The highest BCUT2D eigenvalue weighted by atomic mass is 19.4. The molecule has 3 nitrogen and oxygen atoms in total. The van der Waals surface area contributed by atoms with Crippen molar-refractivity contribution < 1.29 is 17.9 Å². The Kier molecular flexibility index (Phi) is 4.88. The number of allylic oxidation sites excluding steroid dienone is 1. The van der Waals surface area contributed by atoms with E-state index in [4.69, 9.17) is 5.73 Å². The molecule has 0 saturated heterocycles. The van der Waals surface area contributed by atoms with E-state index in [1.807, 2.05) is 0 Å². The van der Waals surface area contributed by atoms with Crippen molar-refractivity contribution >= 4 is 5.84 Å². The van der Waals surface area contributed by atoms with Crippen molar-refractivity contribution in [3.63, 3.8) is 0 Å². The summed E-state index contributed by atoms with van der Waals surface area (Å²) in [5, 5.41) is 0. The first-order valence-corrected chi connectivity index (χ1v) is 6.78. The second kappa shape index (κ2) is 6.65. The van der Waals surface area contributed by atoms with Gasteiger partial charge in [0.15, 0.2) is 0 Å². The zero-order valence-electron chi connectivity index (χ0n) is 11.5. The minimum absolute atomic E-state index is 0.217. The minimum Gasteiger partial charge on any atom is -0.406 e. The standard InChI is InChI=1S/C15H17F3N2O/c16-15(17,18)21-13-8-4-7-12(9-13)14(19)20-10-11-5-2-1-3-6-11/h4-5,7-9H,1-3,6,10H2,(H2,19,20). The Labute approximate surface area is 121 Å². The summed E-state index contributed by atoms with van der Waals surface area (Å²) < 4.78 is 40.4. The quantitative estimate of drug-likeness (QED) is 0.522. The molecule has 1 aromatic rings. The van der Waals surface area contributed by atoms with E-state index in [9.17, 15) is 13.2 Å². The first-order valence-electron chi connectivity index (χ1n) is 6.78. The lowest BCUT2D eigenvalue weighted by molar-refractivity contribution is -0.274. The van der Waals surface area contributed by atoms with Crippen LogP contribution in [-0.2, 0) is 0 Å². The van der Waals surface area contributed by atoms with E-state index in [2.05, 4.69) is 15.8 Å². The van der Waals surface area contributed by atoms with Gasteiger partial charge in [0.05, 0.1) is 6.54 Å². The van der Waals surface area contributed by atoms with E-state index in [1.54, 1.807) is 6.07 Å². The first kappa shape index (κ1) is 15.4. The summed E-state index contributed by atoms with van der Waals surface area (Å²) in [7, 11) is 0. The molecule has 0 amide bonds. The van der Waals surface area contributed by atoms with Gasteiger partial charge in [-0.15, -0.1) is 13.2 Å². The third-order valence-electron chi connectivity index (χ3n) is 3.20. The first-order chi connectivity index (χ1) is 9.94. The molecule has 114 valence electrons. The number of hydrogen-bond donors (Lipinski definition) is 1. The highest BCUT2D eigenvalue weighted by Crippen LogP contribution is 2.23. The van der Waals surface area contributed by atoms with Gasteiger partial charge in [-0.1, -0.05) is 23.8 Å². The fraction of sp³-hybridized carbons (Fsp3) is 0.400. The average Bonchev–Trinajstić information content (AvgIpc) is 2.44. The number of halogens is 3. The van der Waals surface area contributed by atoms with E-state index in [-0.39, 0.29) is 11.6 Å². The zero-order valence-corrected chi connectivity index (χ0v) is 11.5. The number of amidine groups is 1. The average molecular weight is 298 g/mol. The van der Waals surface area contributed by atoms with E-state index < -0.39 is 6.36 Å². The van der Waals surface area contributed by atoms with Crippen LogP contribution in [0.4, 0.5) is 13.2 Å². The van der Waals surface area contributed by atoms with Crippen LogP contribution < -0.4 is 10.5 Å². The van der Waals surface area contributed by atoms with Crippen molar-refractivity contribution in [2.24, 2.45) is 10.7 Å². The SMILES string of the molecule is NC(=NCC1=CCCCC1)c1cccc(OC(F)(F)F)c1. The number of aliphatic imine (C=N–C) groups is 1. The molecule has 0 bridgehead atoms. The lowest BCUT2D eigenvalue weighted by atomic mass is 10.00. The number of rotatable bonds is 4. The largest absolute Gasteiger partial charge is 0.573 e. The van der Waals surface area contributed by atoms with Crippen LogP contribution in [0.1, 0.15) is 31.2 Å². The summed E-state index contributed by atoms with van der Waals surface area (Å²) in [6.45, 7) is 0.496. The summed E-state index contributed by atoms with van der Waals surface area (Å²) in [4.78, 5) is 4.24. The fourth-order valence-corrected chi connectivity index (χ4v) is 2.18. The topological polar surface area (TPSA) is 47.6 Å². The maximum Gasteiger partial charge on any atom is 0.573 e. The molecule has 0 atom stereocenters. The minimum atomic E-state index is -4.71. The molecule has 0 heterocycles. The summed E-state index contributed by atoms with van der Waals surface area (Å²) in [6.07, 6.45) is 1.85. The lowest BCUT2D eigenvalue weighted by Gasteiger charge is -2.11. The summed E-state index contributed by atoms with van der Waals surface area (Å²) >= 11 is 0. The normalized spacial score (nSPS) is 16.5. The molecule has 6 heteroatoms. The predicted molar refractivity (Wildman–Crippen MR) is 75.3 cm³/mol. The monoisotopic (exact) mass is 298 g/mol. The third kappa shape index (κ3) is 5.13. The van der Waals surface area contributed by atoms with Gasteiger partial charge >= 0.3 is 6.36 Å². The Morgan fingerprint density at radius 1 is 1.29 bits per heavy atom. The molecule has 0 unspecified atom stereocenters. The molecule has 1 aliphatic carbocycles. The highest BCUT2D eigenvalue weighted by molar-refractivity contribution is 5.97. The predicted octanol–water partition coefficient (Wildman–Crippen LogP) is 3.79. The molecular weight excluding hydrogens is 281 g/mol. The van der Waals surface area contributed by atoms with E-state index in [0.29, 0.717) is 12.1 Å². The van der Waals surface area contributed by atoms with E-state index >= 15 is 0 Å². The van der Waals surface area contributed by atoms with Crippen LogP contribution in [0.3, 0.4) is 0 Å². The van der Waals surface area contributed by atoms with Crippen LogP contribution in [0.5, 0.6) is 5.75 Å². The zero-order chi connectivity index (χ0) is 15.3. The number of benzene rings is 1. The number of hydrogen-bond acceptors (Lipinski definition) is 2. The second-order valence-electron chi connectivity index (χ2n) is 4.89. The molecule has 0 spiro atoms. The molecule has 1 aromatic carbocycles. The third-order valence-corrected chi connectivity index (χ3v) is 3.20. The molecule has 0 aromatic heterocycles. The van der Waals surface area contributed by atoms with Gasteiger partial charge in [0.25, 0.3) is 0 Å². The van der Waals surface area contributed by atoms with Gasteiger partial charge in [-0.2, -0.15) is 0 Å². The van der Waals surface area contributed by atoms with Gasteiger partial charge in [0.1, 0.15) is 11.6 Å². The molecule has 0 radical (unpaired) electrons. The van der Waals surface area contributed by atoms with Crippen LogP contribution in [-0.4, -0.2) is 18.7 Å². The van der Waals surface area contributed by atoms with E-state index in [0.717, 1.165) is 19.3 Å². The van der Waals surface area contributed by atoms with Crippen molar-refractivity contribution in [1.29, 1.82) is 0 Å². The molecule has 21 heavy (non-hydrogen) atoms. The Morgan fingerprint density at radius 3 is 2.76 bits per heavy atom. The van der Waals surface area contributed by atoms with Crippen molar-refractivity contribution in [1.82, 2.24) is 0 Å². The summed E-state index contributed by atoms with van der Waals surface area (Å²) in [5.41, 5.74) is 7.48. The van der Waals surface area contributed by atoms with Crippen molar-refractivity contribution in [2.75, 3.05) is 6.54 Å².